The highest BCUT2D eigenvalue weighted by Crippen LogP contribution is 2.31. The topological polar surface area (TPSA) is 71.5 Å². The zero-order chi connectivity index (χ0) is 19.7. The molecular formula is C22H21N3O3. The number of methoxy groups -OCH3 is 1. The van der Waals surface area contributed by atoms with Crippen molar-refractivity contribution in [2.75, 3.05) is 23.9 Å². The average molecular weight is 375 g/mol. The van der Waals surface area contributed by atoms with E-state index in [1.807, 2.05) is 43.3 Å². The highest BCUT2D eigenvalue weighted by atomic mass is 16.5. The van der Waals surface area contributed by atoms with Gasteiger partial charge in [-0.1, -0.05) is 17.7 Å². The first-order chi connectivity index (χ1) is 13.6. The van der Waals surface area contributed by atoms with Crippen molar-refractivity contribution in [3.05, 3.63) is 60.3 Å². The van der Waals surface area contributed by atoms with Crippen LogP contribution in [0.1, 0.15) is 12.0 Å². The molecule has 1 aliphatic rings. The number of aryl methyl sites for hydroxylation is 1. The molecule has 1 aromatic heterocycles. The summed E-state index contributed by atoms with van der Waals surface area (Å²) in [5.41, 5.74) is 3.30. The molecule has 0 radical (unpaired) electrons. The predicted octanol–water partition coefficient (Wildman–Crippen LogP) is 3.54. The first kappa shape index (κ1) is 18.0. The molecule has 0 aliphatic carbocycles. The summed E-state index contributed by atoms with van der Waals surface area (Å²) in [6.45, 7) is 2.37. The second-order valence-corrected chi connectivity index (χ2v) is 6.95. The lowest BCUT2D eigenvalue weighted by atomic mass is 10.1. The van der Waals surface area contributed by atoms with Gasteiger partial charge in [0, 0.05) is 30.2 Å². The van der Waals surface area contributed by atoms with Crippen LogP contribution in [0.3, 0.4) is 0 Å². The monoisotopic (exact) mass is 375 g/mol. The van der Waals surface area contributed by atoms with E-state index in [9.17, 15) is 9.59 Å². The molecule has 1 aliphatic heterocycles. The van der Waals surface area contributed by atoms with Crippen LogP contribution < -0.4 is 15.0 Å². The molecular weight excluding hydrogens is 354 g/mol. The van der Waals surface area contributed by atoms with Gasteiger partial charge in [0.05, 0.1) is 18.7 Å². The maximum Gasteiger partial charge on any atom is 0.229 e. The molecule has 28 heavy (non-hydrogen) atoms. The normalized spacial score (nSPS) is 16.4. The van der Waals surface area contributed by atoms with Crippen molar-refractivity contribution in [3.8, 4) is 5.75 Å². The summed E-state index contributed by atoms with van der Waals surface area (Å²) in [6.07, 6.45) is 1.89. The molecule has 1 saturated heterocycles. The average Bonchev–Trinajstić information content (AvgIpc) is 3.10. The lowest BCUT2D eigenvalue weighted by Gasteiger charge is -2.17. The summed E-state index contributed by atoms with van der Waals surface area (Å²) in [5, 5.41) is 3.77. The first-order valence-electron chi connectivity index (χ1n) is 9.16. The number of carbonyl (C=O) groups is 2. The molecule has 142 valence electrons. The van der Waals surface area contributed by atoms with E-state index in [1.54, 1.807) is 30.3 Å². The molecule has 4 rings (SSSR count). The van der Waals surface area contributed by atoms with Gasteiger partial charge in [0.1, 0.15) is 11.3 Å². The van der Waals surface area contributed by atoms with E-state index in [4.69, 9.17) is 4.74 Å². The summed E-state index contributed by atoms with van der Waals surface area (Å²) in [4.78, 5) is 31.3. The molecule has 1 atom stereocenters. The fourth-order valence-electron chi connectivity index (χ4n) is 3.51. The van der Waals surface area contributed by atoms with Crippen molar-refractivity contribution in [1.82, 2.24) is 4.98 Å². The van der Waals surface area contributed by atoms with Gasteiger partial charge in [-0.3, -0.25) is 14.6 Å². The third-order valence-electron chi connectivity index (χ3n) is 5.05. The maximum absolute atomic E-state index is 12.8. The number of carbonyl (C=O) groups excluding carboxylic acids is 2. The summed E-state index contributed by atoms with van der Waals surface area (Å²) in [6, 6.07) is 15.0. The minimum absolute atomic E-state index is 0.0368. The van der Waals surface area contributed by atoms with E-state index in [-0.39, 0.29) is 18.2 Å². The number of rotatable bonds is 4. The molecule has 1 N–H and O–H groups in total. The molecule has 1 fully saturated rings. The van der Waals surface area contributed by atoms with E-state index in [1.165, 1.54) is 0 Å². The summed E-state index contributed by atoms with van der Waals surface area (Å²) in [5.74, 6) is 0.0429. The fourth-order valence-corrected chi connectivity index (χ4v) is 3.51. The molecule has 1 unspecified atom stereocenters. The fraction of sp³-hybridized carbons (Fsp3) is 0.227. The van der Waals surface area contributed by atoms with E-state index in [0.717, 1.165) is 16.6 Å². The molecule has 0 saturated carbocycles. The lowest BCUT2D eigenvalue weighted by Crippen LogP contribution is -2.28. The number of nitrogens with one attached hydrogen (secondary N) is 1. The molecule has 6 heteroatoms. The summed E-state index contributed by atoms with van der Waals surface area (Å²) < 4.78 is 5.35. The molecule has 2 amide bonds. The van der Waals surface area contributed by atoms with Crippen LogP contribution in [0.15, 0.2) is 54.7 Å². The second-order valence-electron chi connectivity index (χ2n) is 6.95. The zero-order valence-electron chi connectivity index (χ0n) is 15.8. The summed E-state index contributed by atoms with van der Waals surface area (Å²) >= 11 is 0. The molecule has 2 heterocycles. The summed E-state index contributed by atoms with van der Waals surface area (Å²) in [7, 11) is 1.59. The van der Waals surface area contributed by atoms with Gasteiger partial charge in [-0.25, -0.2) is 0 Å². The van der Waals surface area contributed by atoms with Gasteiger partial charge in [0.15, 0.2) is 0 Å². The number of aromatic nitrogens is 1. The van der Waals surface area contributed by atoms with Crippen LogP contribution in [0, 0.1) is 12.8 Å². The number of benzene rings is 2. The van der Waals surface area contributed by atoms with Crippen LogP contribution in [-0.4, -0.2) is 30.5 Å². The Labute approximate surface area is 163 Å². The Hall–Kier alpha value is -3.41. The third kappa shape index (κ3) is 3.29. The minimum atomic E-state index is -0.400. The third-order valence-corrected chi connectivity index (χ3v) is 5.05. The number of anilines is 2. The first-order valence-corrected chi connectivity index (χ1v) is 9.16. The number of fused-ring (bicyclic) bond motifs is 1. The standard InChI is InChI=1S/C22H21N3O3/c1-14-5-7-16(8-6-14)25-13-15(12-20(25)26)22(27)24-18-9-10-19(28-2)21-17(18)4-3-11-23-21/h3-11,15H,12-13H2,1-2H3,(H,24,27). The van der Waals surface area contributed by atoms with Gasteiger partial charge in [-0.2, -0.15) is 0 Å². The molecule has 0 bridgehead atoms. The Morgan fingerprint density at radius 1 is 1.18 bits per heavy atom. The number of amides is 2. The Kier molecular flexibility index (Phi) is 4.69. The van der Waals surface area contributed by atoms with E-state index >= 15 is 0 Å². The highest BCUT2D eigenvalue weighted by Gasteiger charge is 2.35. The lowest BCUT2D eigenvalue weighted by molar-refractivity contribution is -0.122. The second kappa shape index (κ2) is 7.31. The van der Waals surface area contributed by atoms with E-state index < -0.39 is 5.92 Å². The van der Waals surface area contributed by atoms with Crippen molar-refractivity contribution in [2.24, 2.45) is 5.92 Å². The van der Waals surface area contributed by atoms with E-state index in [0.29, 0.717) is 23.5 Å². The van der Waals surface area contributed by atoms with Gasteiger partial charge < -0.3 is 15.0 Å². The van der Waals surface area contributed by atoms with E-state index in [2.05, 4.69) is 10.3 Å². The van der Waals surface area contributed by atoms with Crippen molar-refractivity contribution in [2.45, 2.75) is 13.3 Å². The van der Waals surface area contributed by atoms with Crippen LogP contribution in [0.25, 0.3) is 10.9 Å². The number of pyridine rings is 1. The van der Waals surface area contributed by atoms with Crippen molar-refractivity contribution in [3.63, 3.8) is 0 Å². The Morgan fingerprint density at radius 3 is 2.71 bits per heavy atom. The molecule has 2 aromatic carbocycles. The number of hydrogen-bond donors (Lipinski definition) is 1. The highest BCUT2D eigenvalue weighted by molar-refractivity contribution is 6.07. The molecule has 0 spiro atoms. The maximum atomic E-state index is 12.8. The van der Waals surface area contributed by atoms with Crippen molar-refractivity contribution in [1.29, 1.82) is 0 Å². The van der Waals surface area contributed by atoms with Crippen LogP contribution >= 0.6 is 0 Å². The molecule has 3 aromatic rings. The SMILES string of the molecule is COc1ccc(NC(=O)C2CC(=O)N(c3ccc(C)cc3)C2)c2cccnc12. The smallest absolute Gasteiger partial charge is 0.229 e. The van der Waals surface area contributed by atoms with Crippen LogP contribution in [0.2, 0.25) is 0 Å². The largest absolute Gasteiger partial charge is 0.494 e. The van der Waals surface area contributed by atoms with Crippen molar-refractivity contribution >= 4 is 34.1 Å². The van der Waals surface area contributed by atoms with Gasteiger partial charge >= 0.3 is 0 Å². The van der Waals surface area contributed by atoms with Gasteiger partial charge in [-0.15, -0.1) is 0 Å². The van der Waals surface area contributed by atoms with Crippen LogP contribution in [-0.2, 0) is 9.59 Å². The quantitative estimate of drug-likeness (QED) is 0.757. The van der Waals surface area contributed by atoms with Crippen LogP contribution in [0.5, 0.6) is 5.75 Å². The number of nitrogens with zero attached hydrogens (tertiary/aromatic N) is 2. The minimum Gasteiger partial charge on any atom is -0.494 e. The predicted molar refractivity (Wildman–Crippen MR) is 109 cm³/mol. The molecule has 6 nitrogen and oxygen atoms in total. The van der Waals surface area contributed by atoms with Crippen LogP contribution in [0.4, 0.5) is 11.4 Å². The Balaban J connectivity index is 1.54. The zero-order valence-corrected chi connectivity index (χ0v) is 15.8. The van der Waals surface area contributed by atoms with Gasteiger partial charge in [0.2, 0.25) is 11.8 Å². The van der Waals surface area contributed by atoms with Gasteiger partial charge in [-0.05, 0) is 43.3 Å². The Morgan fingerprint density at radius 2 is 1.96 bits per heavy atom. The number of hydrogen-bond acceptors (Lipinski definition) is 4. The number of ether oxygens (including phenoxy) is 1. The van der Waals surface area contributed by atoms with Gasteiger partial charge in [0.25, 0.3) is 0 Å². The van der Waals surface area contributed by atoms with Crippen molar-refractivity contribution < 1.29 is 14.3 Å². The Bertz CT molecular complexity index is 1050.